The Morgan fingerprint density at radius 1 is 1.30 bits per heavy atom. The molecule has 1 atom stereocenters. The number of pyridine rings is 1. The van der Waals surface area contributed by atoms with Crippen molar-refractivity contribution in [3.63, 3.8) is 0 Å². The van der Waals surface area contributed by atoms with Gasteiger partial charge in [0, 0.05) is 36.6 Å². The van der Waals surface area contributed by atoms with Crippen LogP contribution in [-0.2, 0) is 9.59 Å². The van der Waals surface area contributed by atoms with Crippen LogP contribution in [0.5, 0.6) is 0 Å². The lowest BCUT2D eigenvalue weighted by molar-refractivity contribution is -0.132. The Hall–Kier alpha value is -2.54. The summed E-state index contributed by atoms with van der Waals surface area (Å²) in [6.45, 7) is 0.593. The van der Waals surface area contributed by atoms with Crippen molar-refractivity contribution in [1.29, 1.82) is 0 Å². The minimum absolute atomic E-state index is 0.154. The Balaban J connectivity index is 1.65. The lowest BCUT2D eigenvalue weighted by Gasteiger charge is -2.22. The molecule has 0 spiro atoms. The molecule has 0 radical (unpaired) electrons. The first-order valence-corrected chi connectivity index (χ1v) is 8.21. The summed E-state index contributed by atoms with van der Waals surface area (Å²) >= 11 is 1.36. The van der Waals surface area contributed by atoms with Crippen molar-refractivity contribution in [3.05, 3.63) is 47.7 Å². The number of nitrogens with zero attached hydrogens (tertiary/aromatic N) is 3. The normalized spacial score (nSPS) is 17.6. The standard InChI is InChI=1S/C16H16N4O2S/c21-14(4-3-12-5-7-17-8-6-12)20-10-1-2-13(20)15(22)19-16-18-9-11-23-16/h3-9,11,13H,1-2,10H2,(H,18,19,22)/b4-3+. The number of carbonyl (C=O) groups excluding carboxylic acids is 2. The van der Waals surface area contributed by atoms with E-state index < -0.39 is 6.04 Å². The van der Waals surface area contributed by atoms with E-state index in [9.17, 15) is 9.59 Å². The molecule has 3 rings (SSSR count). The Bertz CT molecular complexity index is 700. The molecule has 6 nitrogen and oxygen atoms in total. The molecule has 0 saturated carbocycles. The third-order valence-electron chi connectivity index (χ3n) is 3.63. The van der Waals surface area contributed by atoms with Crippen molar-refractivity contribution in [1.82, 2.24) is 14.9 Å². The number of nitrogens with one attached hydrogen (secondary N) is 1. The zero-order chi connectivity index (χ0) is 16.1. The molecular weight excluding hydrogens is 312 g/mol. The number of rotatable bonds is 4. The molecule has 2 aromatic heterocycles. The van der Waals surface area contributed by atoms with Gasteiger partial charge in [-0.3, -0.25) is 14.6 Å². The number of aromatic nitrogens is 2. The van der Waals surface area contributed by atoms with Crippen molar-refractivity contribution >= 4 is 34.4 Å². The van der Waals surface area contributed by atoms with Gasteiger partial charge in [-0.2, -0.15) is 0 Å². The van der Waals surface area contributed by atoms with Crippen LogP contribution in [0.15, 0.2) is 42.2 Å². The van der Waals surface area contributed by atoms with Gasteiger partial charge < -0.3 is 10.2 Å². The van der Waals surface area contributed by atoms with E-state index in [1.54, 1.807) is 34.9 Å². The van der Waals surface area contributed by atoms with Gasteiger partial charge in [0.15, 0.2) is 5.13 Å². The van der Waals surface area contributed by atoms with Crippen molar-refractivity contribution in [2.24, 2.45) is 0 Å². The van der Waals surface area contributed by atoms with E-state index in [-0.39, 0.29) is 11.8 Å². The quantitative estimate of drug-likeness (QED) is 0.873. The molecule has 2 amide bonds. The van der Waals surface area contributed by atoms with Crippen molar-refractivity contribution < 1.29 is 9.59 Å². The molecule has 23 heavy (non-hydrogen) atoms. The van der Waals surface area contributed by atoms with Gasteiger partial charge in [-0.1, -0.05) is 0 Å². The molecule has 0 bridgehead atoms. The minimum Gasteiger partial charge on any atom is -0.327 e. The van der Waals surface area contributed by atoms with Crippen LogP contribution in [0.4, 0.5) is 5.13 Å². The second-order valence-electron chi connectivity index (χ2n) is 5.13. The van der Waals surface area contributed by atoms with Crippen LogP contribution >= 0.6 is 11.3 Å². The topological polar surface area (TPSA) is 75.2 Å². The number of thiazole rings is 1. The van der Waals surface area contributed by atoms with E-state index in [1.807, 2.05) is 12.1 Å². The van der Waals surface area contributed by atoms with Gasteiger partial charge in [0.2, 0.25) is 11.8 Å². The third kappa shape index (κ3) is 3.81. The van der Waals surface area contributed by atoms with Crippen molar-refractivity contribution in [3.8, 4) is 0 Å². The Morgan fingerprint density at radius 3 is 2.87 bits per heavy atom. The number of amides is 2. The van der Waals surface area contributed by atoms with Crippen molar-refractivity contribution in [2.45, 2.75) is 18.9 Å². The first kappa shape index (κ1) is 15.4. The molecule has 0 aromatic carbocycles. The fourth-order valence-corrected chi connectivity index (χ4v) is 3.05. The van der Waals surface area contributed by atoms with Crippen LogP contribution in [-0.4, -0.2) is 39.3 Å². The van der Waals surface area contributed by atoms with Gasteiger partial charge in [-0.15, -0.1) is 11.3 Å². The van der Waals surface area contributed by atoms with E-state index >= 15 is 0 Å². The highest BCUT2D eigenvalue weighted by Crippen LogP contribution is 2.20. The minimum atomic E-state index is -0.437. The van der Waals surface area contributed by atoms with Crippen LogP contribution in [0.2, 0.25) is 0 Å². The molecule has 7 heteroatoms. The molecule has 2 aromatic rings. The van der Waals surface area contributed by atoms with Gasteiger partial charge in [0.25, 0.3) is 0 Å². The first-order chi connectivity index (χ1) is 11.2. The maximum atomic E-state index is 12.4. The van der Waals surface area contributed by atoms with E-state index in [1.165, 1.54) is 17.4 Å². The van der Waals surface area contributed by atoms with Gasteiger partial charge in [0.05, 0.1) is 0 Å². The van der Waals surface area contributed by atoms with Crippen LogP contribution in [0.25, 0.3) is 6.08 Å². The highest BCUT2D eigenvalue weighted by molar-refractivity contribution is 7.13. The second-order valence-corrected chi connectivity index (χ2v) is 6.02. The zero-order valence-corrected chi connectivity index (χ0v) is 13.2. The smallest absolute Gasteiger partial charge is 0.248 e. The van der Waals surface area contributed by atoms with Gasteiger partial charge in [0.1, 0.15) is 6.04 Å². The second kappa shape index (κ2) is 7.15. The monoisotopic (exact) mass is 328 g/mol. The third-order valence-corrected chi connectivity index (χ3v) is 4.31. The molecule has 1 unspecified atom stereocenters. The predicted molar refractivity (Wildman–Crippen MR) is 88.7 cm³/mol. The lowest BCUT2D eigenvalue weighted by Crippen LogP contribution is -2.42. The first-order valence-electron chi connectivity index (χ1n) is 7.33. The van der Waals surface area contributed by atoms with E-state index in [4.69, 9.17) is 0 Å². The summed E-state index contributed by atoms with van der Waals surface area (Å²) in [6, 6.07) is 3.20. The number of likely N-dealkylation sites (tertiary alicyclic amines) is 1. The lowest BCUT2D eigenvalue weighted by atomic mass is 10.2. The van der Waals surface area contributed by atoms with Crippen LogP contribution in [0.3, 0.4) is 0 Å². The molecule has 1 aliphatic heterocycles. The van der Waals surface area contributed by atoms with E-state index in [2.05, 4.69) is 15.3 Å². The number of anilines is 1. The molecule has 1 N–H and O–H groups in total. The summed E-state index contributed by atoms with van der Waals surface area (Å²) in [4.78, 5) is 34.3. The largest absolute Gasteiger partial charge is 0.327 e. The van der Waals surface area contributed by atoms with Gasteiger partial charge >= 0.3 is 0 Å². The van der Waals surface area contributed by atoms with Crippen LogP contribution in [0.1, 0.15) is 18.4 Å². The van der Waals surface area contributed by atoms with Crippen LogP contribution < -0.4 is 5.32 Å². The zero-order valence-electron chi connectivity index (χ0n) is 12.4. The molecule has 1 fully saturated rings. The molecule has 1 aliphatic rings. The molecule has 1 saturated heterocycles. The number of hydrogen-bond donors (Lipinski definition) is 1. The number of hydrogen-bond acceptors (Lipinski definition) is 5. The molecule has 3 heterocycles. The summed E-state index contributed by atoms with van der Waals surface area (Å²) in [7, 11) is 0. The summed E-state index contributed by atoms with van der Waals surface area (Å²) in [6.07, 6.45) is 9.71. The SMILES string of the molecule is O=C(Nc1nccs1)C1CCCN1C(=O)/C=C/c1ccncc1. The Kier molecular flexibility index (Phi) is 4.77. The Labute approximate surface area is 137 Å². The molecule has 118 valence electrons. The van der Waals surface area contributed by atoms with Gasteiger partial charge in [-0.25, -0.2) is 4.98 Å². The van der Waals surface area contributed by atoms with Crippen molar-refractivity contribution in [2.75, 3.05) is 11.9 Å². The Morgan fingerprint density at radius 2 is 2.13 bits per heavy atom. The average molecular weight is 328 g/mol. The average Bonchev–Trinajstić information content (AvgIpc) is 3.24. The van der Waals surface area contributed by atoms with E-state index in [0.717, 1.165) is 12.0 Å². The molecule has 0 aliphatic carbocycles. The summed E-state index contributed by atoms with van der Waals surface area (Å²) < 4.78 is 0. The predicted octanol–water partition coefficient (Wildman–Crippen LogP) is 2.18. The fraction of sp³-hybridized carbons (Fsp3) is 0.250. The summed E-state index contributed by atoms with van der Waals surface area (Å²) in [5.41, 5.74) is 0.899. The van der Waals surface area contributed by atoms with E-state index in [0.29, 0.717) is 18.1 Å². The summed E-state index contributed by atoms with van der Waals surface area (Å²) in [5, 5.41) is 5.12. The van der Waals surface area contributed by atoms with Gasteiger partial charge in [-0.05, 0) is 36.6 Å². The summed E-state index contributed by atoms with van der Waals surface area (Å²) in [5.74, 6) is -0.332. The highest BCUT2D eigenvalue weighted by Gasteiger charge is 2.33. The maximum Gasteiger partial charge on any atom is 0.248 e. The van der Waals surface area contributed by atoms with Crippen LogP contribution in [0, 0.1) is 0 Å². The maximum absolute atomic E-state index is 12.4. The molecular formula is C16H16N4O2S. The number of carbonyl (C=O) groups is 2. The fourth-order valence-electron chi connectivity index (χ4n) is 2.51. The highest BCUT2D eigenvalue weighted by atomic mass is 32.1.